The van der Waals surface area contributed by atoms with Gasteiger partial charge in [-0.3, -0.25) is 0 Å². The van der Waals surface area contributed by atoms with Gasteiger partial charge in [0.25, 0.3) is 0 Å². The Labute approximate surface area is 103 Å². The molecule has 1 aromatic heterocycles. The number of nitrogens with one attached hydrogen (secondary N) is 1. The molecule has 2 rings (SSSR count). The van der Waals surface area contributed by atoms with E-state index in [2.05, 4.69) is 22.2 Å². The van der Waals surface area contributed by atoms with Gasteiger partial charge in [0.05, 0.1) is 5.69 Å². The van der Waals surface area contributed by atoms with E-state index in [1.54, 1.807) is 7.11 Å². The molecular formula is C13H21N3O. The molecule has 0 aliphatic carbocycles. The van der Waals surface area contributed by atoms with E-state index in [1.165, 1.54) is 17.0 Å². The van der Waals surface area contributed by atoms with Crippen LogP contribution in [0.25, 0.3) is 0 Å². The highest BCUT2D eigenvalue weighted by Crippen LogP contribution is 2.20. The fourth-order valence-corrected chi connectivity index (χ4v) is 2.16. The maximum Gasteiger partial charge on any atom is 0.157 e. The maximum atomic E-state index is 5.32. The van der Waals surface area contributed by atoms with Crippen LogP contribution in [-0.2, 0) is 24.1 Å². The van der Waals surface area contributed by atoms with Crippen molar-refractivity contribution in [3.05, 3.63) is 22.8 Å². The molecule has 0 saturated heterocycles. The minimum absolute atomic E-state index is 0.0224. The molecule has 94 valence electrons. The van der Waals surface area contributed by atoms with Crippen molar-refractivity contribution in [2.75, 3.05) is 13.7 Å². The predicted octanol–water partition coefficient (Wildman–Crippen LogP) is 1.78. The zero-order valence-electron chi connectivity index (χ0n) is 10.9. The van der Waals surface area contributed by atoms with Crippen LogP contribution in [0.4, 0.5) is 0 Å². The molecule has 1 unspecified atom stereocenters. The largest absolute Gasteiger partial charge is 0.374 e. The highest BCUT2D eigenvalue weighted by Gasteiger charge is 2.19. The molecule has 17 heavy (non-hydrogen) atoms. The average molecular weight is 235 g/mol. The summed E-state index contributed by atoms with van der Waals surface area (Å²) < 4.78 is 5.32. The van der Waals surface area contributed by atoms with Crippen LogP contribution in [0, 0.1) is 0 Å². The second-order valence-electron chi connectivity index (χ2n) is 4.51. The van der Waals surface area contributed by atoms with Crippen molar-refractivity contribution in [1.82, 2.24) is 15.3 Å². The summed E-state index contributed by atoms with van der Waals surface area (Å²) in [5.41, 5.74) is 3.72. The van der Waals surface area contributed by atoms with Gasteiger partial charge in [-0.2, -0.15) is 0 Å². The first-order valence-corrected chi connectivity index (χ1v) is 6.38. The van der Waals surface area contributed by atoms with Crippen LogP contribution in [0.2, 0.25) is 0 Å². The molecule has 1 N–H and O–H groups in total. The Balaban J connectivity index is 2.40. The second kappa shape index (κ2) is 5.56. The lowest BCUT2D eigenvalue weighted by atomic mass is 10.0. The molecule has 0 fully saturated rings. The van der Waals surface area contributed by atoms with Crippen LogP contribution in [0.1, 0.15) is 49.1 Å². The molecule has 0 bridgehead atoms. The zero-order valence-corrected chi connectivity index (χ0v) is 10.9. The third-order valence-corrected chi connectivity index (χ3v) is 3.24. The first-order valence-electron chi connectivity index (χ1n) is 6.38. The molecule has 4 heteroatoms. The van der Waals surface area contributed by atoms with Gasteiger partial charge in [0.15, 0.2) is 5.82 Å². The number of hydrogen-bond acceptors (Lipinski definition) is 4. The summed E-state index contributed by atoms with van der Waals surface area (Å²) in [6, 6.07) is 0. The summed E-state index contributed by atoms with van der Waals surface area (Å²) in [4.78, 5) is 9.32. The fourth-order valence-electron chi connectivity index (χ4n) is 2.16. The third-order valence-electron chi connectivity index (χ3n) is 3.24. The van der Waals surface area contributed by atoms with Crippen LogP contribution in [0.5, 0.6) is 0 Å². The van der Waals surface area contributed by atoms with Crippen LogP contribution in [-0.4, -0.2) is 23.6 Å². The van der Waals surface area contributed by atoms with Crippen LogP contribution in [0.3, 0.4) is 0 Å². The molecule has 0 amide bonds. The van der Waals surface area contributed by atoms with E-state index in [1.807, 2.05) is 6.92 Å². The lowest BCUT2D eigenvalue weighted by Gasteiger charge is -2.21. The normalized spacial score (nSPS) is 16.6. The summed E-state index contributed by atoms with van der Waals surface area (Å²) >= 11 is 0. The molecule has 0 radical (unpaired) electrons. The highest BCUT2D eigenvalue weighted by molar-refractivity contribution is 5.28. The van der Waals surface area contributed by atoms with Crippen molar-refractivity contribution in [3.8, 4) is 0 Å². The quantitative estimate of drug-likeness (QED) is 0.864. The maximum absolute atomic E-state index is 5.32. The van der Waals surface area contributed by atoms with Gasteiger partial charge in [0.2, 0.25) is 0 Å². The first kappa shape index (κ1) is 12.5. The summed E-state index contributed by atoms with van der Waals surface area (Å²) in [6.07, 6.45) is 3.11. The molecule has 4 nitrogen and oxygen atoms in total. The summed E-state index contributed by atoms with van der Waals surface area (Å²) in [5, 5.41) is 3.39. The van der Waals surface area contributed by atoms with Crippen molar-refractivity contribution in [2.45, 2.75) is 45.8 Å². The molecule has 1 aliphatic rings. The molecular weight excluding hydrogens is 214 g/mol. The Morgan fingerprint density at radius 2 is 2.24 bits per heavy atom. The standard InChI is InChI=1S/C13H21N3O/c1-4-5-11-10-8-14-7-6-12(10)16-13(15-11)9(2)17-3/h9,14H,4-8H2,1-3H3. The van der Waals surface area contributed by atoms with Crippen molar-refractivity contribution in [2.24, 2.45) is 0 Å². The number of hydrogen-bond donors (Lipinski definition) is 1. The second-order valence-corrected chi connectivity index (χ2v) is 4.51. The minimum Gasteiger partial charge on any atom is -0.374 e. The molecule has 0 saturated carbocycles. The molecule has 1 aromatic rings. The smallest absolute Gasteiger partial charge is 0.157 e. The van der Waals surface area contributed by atoms with Crippen LogP contribution >= 0.6 is 0 Å². The van der Waals surface area contributed by atoms with Gasteiger partial charge in [-0.05, 0) is 13.3 Å². The van der Waals surface area contributed by atoms with Gasteiger partial charge >= 0.3 is 0 Å². The Morgan fingerprint density at radius 3 is 2.94 bits per heavy atom. The van der Waals surface area contributed by atoms with Gasteiger partial charge in [-0.1, -0.05) is 13.3 Å². The third kappa shape index (κ3) is 2.64. The van der Waals surface area contributed by atoms with Gasteiger partial charge in [-0.15, -0.1) is 0 Å². The van der Waals surface area contributed by atoms with Gasteiger partial charge in [0, 0.05) is 37.9 Å². The van der Waals surface area contributed by atoms with Gasteiger partial charge in [0.1, 0.15) is 6.10 Å². The van der Waals surface area contributed by atoms with E-state index >= 15 is 0 Å². The summed E-state index contributed by atoms with van der Waals surface area (Å²) in [6.45, 7) is 6.10. The number of aromatic nitrogens is 2. The topological polar surface area (TPSA) is 47.0 Å². The molecule has 0 spiro atoms. The van der Waals surface area contributed by atoms with E-state index in [4.69, 9.17) is 4.74 Å². The number of methoxy groups -OCH3 is 1. The fraction of sp³-hybridized carbons (Fsp3) is 0.692. The van der Waals surface area contributed by atoms with E-state index in [0.29, 0.717) is 0 Å². The number of aryl methyl sites for hydroxylation is 1. The monoisotopic (exact) mass is 235 g/mol. The highest BCUT2D eigenvalue weighted by atomic mass is 16.5. The van der Waals surface area contributed by atoms with E-state index < -0.39 is 0 Å². The SMILES string of the molecule is CCCc1nc(C(C)OC)nc2c1CNCC2. The van der Waals surface area contributed by atoms with Gasteiger partial charge in [-0.25, -0.2) is 9.97 Å². The molecule has 1 atom stereocenters. The lowest BCUT2D eigenvalue weighted by Crippen LogP contribution is -2.27. The summed E-state index contributed by atoms with van der Waals surface area (Å²) in [7, 11) is 1.70. The Hall–Kier alpha value is -1.00. The predicted molar refractivity (Wildman–Crippen MR) is 66.9 cm³/mol. The Morgan fingerprint density at radius 1 is 1.41 bits per heavy atom. The average Bonchev–Trinajstić information content (AvgIpc) is 2.38. The number of rotatable bonds is 4. The zero-order chi connectivity index (χ0) is 12.3. The number of fused-ring (bicyclic) bond motifs is 1. The van der Waals surface area contributed by atoms with E-state index in [0.717, 1.165) is 38.2 Å². The van der Waals surface area contributed by atoms with Crippen molar-refractivity contribution in [1.29, 1.82) is 0 Å². The molecule has 1 aliphatic heterocycles. The van der Waals surface area contributed by atoms with E-state index in [9.17, 15) is 0 Å². The first-order chi connectivity index (χ1) is 8.26. The van der Waals surface area contributed by atoms with Crippen molar-refractivity contribution < 1.29 is 4.74 Å². The number of nitrogens with zero attached hydrogens (tertiary/aromatic N) is 2. The molecule has 2 heterocycles. The minimum atomic E-state index is -0.0224. The van der Waals surface area contributed by atoms with Crippen LogP contribution < -0.4 is 5.32 Å². The van der Waals surface area contributed by atoms with Crippen molar-refractivity contribution >= 4 is 0 Å². The lowest BCUT2D eigenvalue weighted by molar-refractivity contribution is 0.111. The van der Waals surface area contributed by atoms with Crippen molar-refractivity contribution in [3.63, 3.8) is 0 Å². The van der Waals surface area contributed by atoms with Crippen LogP contribution in [0.15, 0.2) is 0 Å². The number of ether oxygens (including phenoxy) is 1. The van der Waals surface area contributed by atoms with E-state index in [-0.39, 0.29) is 6.10 Å². The van der Waals surface area contributed by atoms with Gasteiger partial charge < -0.3 is 10.1 Å². The Bertz CT molecular complexity index is 392. The Kier molecular flexibility index (Phi) is 4.07. The molecule has 0 aromatic carbocycles. The summed E-state index contributed by atoms with van der Waals surface area (Å²) in [5.74, 6) is 0.830.